The molecule has 0 aliphatic heterocycles. The van der Waals surface area contributed by atoms with Crippen LogP contribution in [0.3, 0.4) is 0 Å². The van der Waals surface area contributed by atoms with E-state index in [1.807, 2.05) is 6.92 Å². The lowest BCUT2D eigenvalue weighted by atomic mass is 10.1. The number of nitrogen functional groups attached to an aromatic ring is 1. The monoisotopic (exact) mass is 476 g/mol. The molecule has 0 aliphatic rings. The minimum Gasteiger partial charge on any atom is -0.384 e. The zero-order chi connectivity index (χ0) is 24.2. The maximum atomic E-state index is 15.0. The van der Waals surface area contributed by atoms with Crippen molar-refractivity contribution in [1.82, 2.24) is 10.3 Å². The number of halogens is 4. The molecule has 0 spiro atoms. The summed E-state index contributed by atoms with van der Waals surface area (Å²) < 4.78 is 43.9. The Labute approximate surface area is 195 Å². The van der Waals surface area contributed by atoms with Crippen LogP contribution in [0.5, 0.6) is 0 Å². The van der Waals surface area contributed by atoms with Crippen LogP contribution in [-0.2, 0) is 23.7 Å². The molecule has 9 heteroatoms. The summed E-state index contributed by atoms with van der Waals surface area (Å²) in [6.45, 7) is 3.00. The van der Waals surface area contributed by atoms with Crippen molar-refractivity contribution < 1.29 is 18.0 Å². The number of rotatable bonds is 8. The molecule has 0 saturated heterocycles. The van der Waals surface area contributed by atoms with E-state index in [0.29, 0.717) is 11.5 Å². The van der Waals surface area contributed by atoms with Gasteiger partial charge < -0.3 is 16.4 Å². The number of nitrogens with zero attached hydrogens (tertiary/aromatic N) is 1. The number of anilines is 2. The molecule has 33 heavy (non-hydrogen) atoms. The molecular formula is C24H24ClF3N4O. The Balaban J connectivity index is 1.69. The first-order valence-corrected chi connectivity index (χ1v) is 10.6. The van der Waals surface area contributed by atoms with Crippen LogP contribution < -0.4 is 16.4 Å². The number of carbonyl (C=O) groups excluding carboxylic acids is 1. The number of pyridine rings is 1. The number of aryl methyl sites for hydroxylation is 2. The fourth-order valence-electron chi connectivity index (χ4n) is 3.45. The van der Waals surface area contributed by atoms with Crippen molar-refractivity contribution in [2.24, 2.45) is 0 Å². The number of nitrogens with one attached hydrogen (secondary N) is 2. The van der Waals surface area contributed by atoms with E-state index in [0.717, 1.165) is 11.1 Å². The van der Waals surface area contributed by atoms with Crippen LogP contribution in [0.25, 0.3) is 0 Å². The van der Waals surface area contributed by atoms with Gasteiger partial charge in [0.1, 0.15) is 5.82 Å². The molecule has 0 bridgehead atoms. The molecule has 1 aromatic heterocycles. The minimum atomic E-state index is -3.21. The molecule has 0 unspecified atom stereocenters. The van der Waals surface area contributed by atoms with Gasteiger partial charge in [-0.05, 0) is 43.2 Å². The van der Waals surface area contributed by atoms with Gasteiger partial charge in [-0.3, -0.25) is 4.79 Å². The summed E-state index contributed by atoms with van der Waals surface area (Å²) in [6, 6.07) is 11.6. The third kappa shape index (κ3) is 5.96. The number of benzene rings is 2. The smallest absolute Gasteiger partial charge is 0.290 e. The normalized spacial score (nSPS) is 11.3. The number of aromatic nitrogens is 1. The zero-order valence-electron chi connectivity index (χ0n) is 18.2. The van der Waals surface area contributed by atoms with Crippen molar-refractivity contribution in [3.8, 4) is 0 Å². The highest BCUT2D eigenvalue weighted by molar-refractivity contribution is 6.31. The van der Waals surface area contributed by atoms with Gasteiger partial charge >= 0.3 is 0 Å². The summed E-state index contributed by atoms with van der Waals surface area (Å²) in [5, 5.41) is 5.18. The average molecular weight is 477 g/mol. The van der Waals surface area contributed by atoms with Gasteiger partial charge in [-0.1, -0.05) is 41.9 Å². The van der Waals surface area contributed by atoms with E-state index in [1.165, 1.54) is 36.4 Å². The van der Waals surface area contributed by atoms with Crippen LogP contribution in [-0.4, -0.2) is 17.4 Å². The summed E-state index contributed by atoms with van der Waals surface area (Å²) in [4.78, 5) is 16.6. The van der Waals surface area contributed by atoms with Gasteiger partial charge in [0.05, 0.1) is 18.7 Å². The molecule has 1 heterocycles. The van der Waals surface area contributed by atoms with Gasteiger partial charge in [0.15, 0.2) is 5.82 Å². The third-order valence-electron chi connectivity index (χ3n) is 5.26. The molecule has 0 saturated carbocycles. The number of alkyl halides is 2. The summed E-state index contributed by atoms with van der Waals surface area (Å²) in [5.74, 6) is -4.15. The summed E-state index contributed by atoms with van der Waals surface area (Å²) in [5.41, 5.74) is 7.65. The zero-order valence-corrected chi connectivity index (χ0v) is 18.9. The number of nitrogens with two attached hydrogens (primary N) is 1. The van der Waals surface area contributed by atoms with Gasteiger partial charge in [0, 0.05) is 28.4 Å². The quantitative estimate of drug-likeness (QED) is 0.421. The molecule has 0 aliphatic carbocycles. The molecule has 2 aromatic carbocycles. The largest absolute Gasteiger partial charge is 0.384 e. The van der Waals surface area contributed by atoms with E-state index in [-0.39, 0.29) is 34.8 Å². The van der Waals surface area contributed by atoms with Crippen LogP contribution in [0.1, 0.15) is 27.9 Å². The highest BCUT2D eigenvalue weighted by atomic mass is 35.5. The molecule has 4 N–H and O–H groups in total. The Bertz CT molecular complexity index is 1130. The first-order valence-electron chi connectivity index (χ1n) is 10.2. The van der Waals surface area contributed by atoms with E-state index >= 15 is 4.39 Å². The summed E-state index contributed by atoms with van der Waals surface area (Å²) >= 11 is 6.10. The minimum absolute atomic E-state index is 0.0320. The van der Waals surface area contributed by atoms with E-state index < -0.39 is 24.2 Å². The SMILES string of the molecule is Cc1cc(N)nc(C)c1CNC(=O)Cc1c(Cl)ccc(NCC(F)(F)c2ccccc2)c1F. The molecule has 174 valence electrons. The predicted octanol–water partition coefficient (Wildman–Crippen LogP) is 5.14. The average Bonchev–Trinajstić information content (AvgIpc) is 2.76. The predicted molar refractivity (Wildman–Crippen MR) is 124 cm³/mol. The fraction of sp³-hybridized carbons (Fsp3) is 0.250. The van der Waals surface area contributed by atoms with E-state index in [1.54, 1.807) is 19.1 Å². The van der Waals surface area contributed by atoms with E-state index in [4.69, 9.17) is 17.3 Å². The Morgan fingerprint density at radius 1 is 1.12 bits per heavy atom. The van der Waals surface area contributed by atoms with Crippen LogP contribution in [0.2, 0.25) is 5.02 Å². The summed E-state index contributed by atoms with van der Waals surface area (Å²) in [7, 11) is 0. The van der Waals surface area contributed by atoms with E-state index in [2.05, 4.69) is 15.6 Å². The number of carbonyl (C=O) groups is 1. The lowest BCUT2D eigenvalue weighted by Gasteiger charge is -2.19. The maximum Gasteiger partial charge on any atom is 0.290 e. The van der Waals surface area contributed by atoms with Crippen molar-refractivity contribution in [3.63, 3.8) is 0 Å². The Morgan fingerprint density at radius 3 is 2.48 bits per heavy atom. The van der Waals surface area contributed by atoms with Crippen molar-refractivity contribution in [1.29, 1.82) is 0 Å². The van der Waals surface area contributed by atoms with Gasteiger partial charge in [-0.2, -0.15) is 8.78 Å². The number of amides is 1. The number of hydrogen-bond donors (Lipinski definition) is 3. The van der Waals surface area contributed by atoms with Gasteiger partial charge in [0.25, 0.3) is 5.92 Å². The van der Waals surface area contributed by atoms with Crippen LogP contribution in [0, 0.1) is 19.7 Å². The van der Waals surface area contributed by atoms with Crippen LogP contribution in [0.4, 0.5) is 24.7 Å². The van der Waals surface area contributed by atoms with Crippen molar-refractivity contribution >= 4 is 29.0 Å². The standard InChI is InChI=1S/C24H24ClF3N4O/c1-14-10-21(29)32-15(2)18(14)12-30-22(33)11-17-19(25)8-9-20(23(17)26)31-13-24(27,28)16-6-4-3-5-7-16/h3-10,31H,11-13H2,1-2H3,(H2,29,32)(H,30,33). The fourth-order valence-corrected chi connectivity index (χ4v) is 3.66. The second-order valence-corrected chi connectivity index (χ2v) is 8.10. The molecule has 3 rings (SSSR count). The third-order valence-corrected chi connectivity index (χ3v) is 5.61. The first-order chi connectivity index (χ1) is 15.6. The molecule has 3 aromatic rings. The lowest BCUT2D eigenvalue weighted by Crippen LogP contribution is -2.27. The van der Waals surface area contributed by atoms with Crippen molar-refractivity contribution in [2.75, 3.05) is 17.6 Å². The second kappa shape index (κ2) is 10.1. The highest BCUT2D eigenvalue weighted by Crippen LogP contribution is 2.31. The maximum absolute atomic E-state index is 15.0. The summed E-state index contributed by atoms with van der Waals surface area (Å²) in [6.07, 6.45) is -0.351. The molecule has 0 radical (unpaired) electrons. The first kappa shape index (κ1) is 24.4. The Morgan fingerprint density at radius 2 is 1.82 bits per heavy atom. The van der Waals surface area contributed by atoms with Gasteiger partial charge in [-0.25, -0.2) is 9.37 Å². The second-order valence-electron chi connectivity index (χ2n) is 7.69. The number of hydrogen-bond acceptors (Lipinski definition) is 4. The topological polar surface area (TPSA) is 80.0 Å². The lowest BCUT2D eigenvalue weighted by molar-refractivity contribution is -0.120. The van der Waals surface area contributed by atoms with E-state index in [9.17, 15) is 13.6 Å². The molecular weight excluding hydrogens is 453 g/mol. The van der Waals surface area contributed by atoms with Gasteiger partial charge in [0.2, 0.25) is 5.91 Å². The van der Waals surface area contributed by atoms with Crippen molar-refractivity contribution in [3.05, 3.63) is 87.3 Å². The van der Waals surface area contributed by atoms with Gasteiger partial charge in [-0.15, -0.1) is 0 Å². The molecule has 0 atom stereocenters. The van der Waals surface area contributed by atoms with Crippen LogP contribution in [0.15, 0.2) is 48.5 Å². The Kier molecular flexibility index (Phi) is 7.48. The molecule has 5 nitrogen and oxygen atoms in total. The molecule has 1 amide bonds. The van der Waals surface area contributed by atoms with Crippen LogP contribution >= 0.6 is 11.6 Å². The van der Waals surface area contributed by atoms with Crippen molar-refractivity contribution in [2.45, 2.75) is 32.7 Å². The Hall–Kier alpha value is -3.26. The highest BCUT2D eigenvalue weighted by Gasteiger charge is 2.31. The molecule has 0 fully saturated rings.